The van der Waals surface area contributed by atoms with Gasteiger partial charge in [-0.25, -0.2) is 4.79 Å². The maximum Gasteiger partial charge on any atom is 0.322 e. The quantitative estimate of drug-likeness (QED) is 0.853. The largest absolute Gasteiger partial charge is 0.322 e. The number of carbonyl (C=O) groups is 2. The number of fused-ring (bicyclic) bond motifs is 1. The van der Waals surface area contributed by atoms with Crippen LogP contribution in [0, 0.1) is 6.92 Å². The van der Waals surface area contributed by atoms with Crippen LogP contribution in [0.15, 0.2) is 30.3 Å². The van der Waals surface area contributed by atoms with Crippen molar-refractivity contribution in [3.05, 3.63) is 47.0 Å². The third-order valence-corrected chi connectivity index (χ3v) is 4.38. The van der Waals surface area contributed by atoms with Crippen molar-refractivity contribution in [2.45, 2.75) is 26.4 Å². The van der Waals surface area contributed by atoms with Crippen LogP contribution in [0.5, 0.6) is 0 Å². The Balaban J connectivity index is 2.16. The molecule has 1 atom stereocenters. The van der Waals surface area contributed by atoms with E-state index < -0.39 is 12.1 Å². The summed E-state index contributed by atoms with van der Waals surface area (Å²) in [7, 11) is 2.06. The molecule has 2 N–H and O–H groups in total. The average molecular weight is 311 g/mol. The highest BCUT2D eigenvalue weighted by Crippen LogP contribution is 2.30. The lowest BCUT2D eigenvalue weighted by Gasteiger charge is -2.18. The lowest BCUT2D eigenvalue weighted by atomic mass is 9.93. The van der Waals surface area contributed by atoms with Crippen LogP contribution in [0.1, 0.15) is 29.7 Å². The molecule has 120 valence electrons. The van der Waals surface area contributed by atoms with Crippen molar-refractivity contribution in [3.8, 4) is 0 Å². The first kappa shape index (κ1) is 15.5. The minimum absolute atomic E-state index is 0.293. The van der Waals surface area contributed by atoms with E-state index in [0.717, 1.165) is 40.6 Å². The van der Waals surface area contributed by atoms with E-state index in [4.69, 9.17) is 0 Å². The molecule has 3 amide bonds. The van der Waals surface area contributed by atoms with Crippen LogP contribution in [0.4, 0.5) is 4.79 Å². The molecule has 0 aliphatic carbocycles. The van der Waals surface area contributed by atoms with Gasteiger partial charge in [0.2, 0.25) is 0 Å². The zero-order chi connectivity index (χ0) is 16.6. The van der Waals surface area contributed by atoms with Crippen molar-refractivity contribution in [1.82, 2.24) is 15.5 Å². The molecule has 1 aliphatic heterocycles. The summed E-state index contributed by atoms with van der Waals surface area (Å²) in [4.78, 5) is 25.8. The maximum absolute atomic E-state index is 12.1. The van der Waals surface area contributed by atoms with Gasteiger partial charge in [0.25, 0.3) is 5.91 Å². The molecule has 1 unspecified atom stereocenters. The number of nitrogens with zero attached hydrogens (tertiary/aromatic N) is 1. The van der Waals surface area contributed by atoms with Gasteiger partial charge in [0.15, 0.2) is 0 Å². The second kappa shape index (κ2) is 6.01. The topological polar surface area (TPSA) is 61.4 Å². The summed E-state index contributed by atoms with van der Waals surface area (Å²) in [5.74, 6) is -0.293. The lowest BCUT2D eigenvalue weighted by Crippen LogP contribution is -2.22. The van der Waals surface area contributed by atoms with Gasteiger partial charge in [-0.15, -0.1) is 0 Å². The SMILES string of the molecule is CCN(C)Cc1cc(C2NC(=O)NC2=O)c2cccc(C)c2c1. The number of benzene rings is 2. The fourth-order valence-corrected chi connectivity index (χ4v) is 3.02. The van der Waals surface area contributed by atoms with E-state index in [2.05, 4.69) is 48.6 Å². The number of carbonyl (C=O) groups excluding carboxylic acids is 2. The van der Waals surface area contributed by atoms with Gasteiger partial charge in [0.05, 0.1) is 0 Å². The van der Waals surface area contributed by atoms with Gasteiger partial charge < -0.3 is 10.2 Å². The van der Waals surface area contributed by atoms with Gasteiger partial charge in [-0.05, 0) is 54.0 Å². The zero-order valence-electron chi connectivity index (χ0n) is 13.6. The van der Waals surface area contributed by atoms with Crippen LogP contribution in [0.25, 0.3) is 10.8 Å². The number of urea groups is 1. The lowest BCUT2D eigenvalue weighted by molar-refractivity contribution is -0.120. The molecular weight excluding hydrogens is 290 g/mol. The molecule has 1 saturated heterocycles. The van der Waals surface area contributed by atoms with Crippen LogP contribution in [0.3, 0.4) is 0 Å². The molecule has 0 bridgehead atoms. The Labute approximate surface area is 135 Å². The Bertz CT molecular complexity index is 785. The first-order chi connectivity index (χ1) is 11.0. The third kappa shape index (κ3) is 2.92. The summed E-state index contributed by atoms with van der Waals surface area (Å²) in [5.41, 5.74) is 3.16. The Morgan fingerprint density at radius 3 is 2.61 bits per heavy atom. The number of imide groups is 1. The Kier molecular flexibility index (Phi) is 4.05. The van der Waals surface area contributed by atoms with Gasteiger partial charge in [-0.1, -0.05) is 31.2 Å². The van der Waals surface area contributed by atoms with E-state index in [1.54, 1.807) is 0 Å². The predicted octanol–water partition coefficient (Wildman–Crippen LogP) is 2.48. The van der Waals surface area contributed by atoms with E-state index in [1.165, 1.54) is 0 Å². The third-order valence-electron chi connectivity index (χ3n) is 4.38. The van der Waals surface area contributed by atoms with Crippen molar-refractivity contribution in [1.29, 1.82) is 0 Å². The molecule has 1 fully saturated rings. The van der Waals surface area contributed by atoms with E-state index >= 15 is 0 Å². The van der Waals surface area contributed by atoms with E-state index in [9.17, 15) is 9.59 Å². The average Bonchev–Trinajstić information content (AvgIpc) is 2.86. The molecular formula is C18H21N3O2. The van der Waals surface area contributed by atoms with Gasteiger partial charge in [-0.3, -0.25) is 10.1 Å². The van der Waals surface area contributed by atoms with Crippen molar-refractivity contribution in [3.63, 3.8) is 0 Å². The van der Waals surface area contributed by atoms with Crippen LogP contribution < -0.4 is 10.6 Å². The molecule has 5 nitrogen and oxygen atoms in total. The fraction of sp³-hybridized carbons (Fsp3) is 0.333. The minimum atomic E-state index is -0.626. The molecule has 0 radical (unpaired) electrons. The number of nitrogens with one attached hydrogen (secondary N) is 2. The smallest absolute Gasteiger partial charge is 0.322 e. The van der Waals surface area contributed by atoms with Crippen molar-refractivity contribution in [2.24, 2.45) is 0 Å². The van der Waals surface area contributed by atoms with Gasteiger partial charge in [0.1, 0.15) is 6.04 Å². The first-order valence-corrected chi connectivity index (χ1v) is 7.81. The standard InChI is InChI=1S/C18H21N3O2/c1-4-21(3)10-12-8-14-11(2)6-5-7-13(14)15(9-12)16-17(22)20-18(23)19-16/h5-9,16H,4,10H2,1-3H3,(H2,19,20,22,23). The van der Waals surface area contributed by atoms with Crippen molar-refractivity contribution < 1.29 is 9.59 Å². The van der Waals surface area contributed by atoms with Gasteiger partial charge >= 0.3 is 6.03 Å². The van der Waals surface area contributed by atoms with Crippen LogP contribution >= 0.6 is 0 Å². The number of hydrogen-bond acceptors (Lipinski definition) is 3. The monoisotopic (exact) mass is 311 g/mol. The predicted molar refractivity (Wildman–Crippen MR) is 90.1 cm³/mol. The molecule has 2 aromatic rings. The first-order valence-electron chi connectivity index (χ1n) is 7.81. The molecule has 0 saturated carbocycles. The van der Waals surface area contributed by atoms with Gasteiger partial charge in [0, 0.05) is 6.54 Å². The van der Waals surface area contributed by atoms with Gasteiger partial charge in [-0.2, -0.15) is 0 Å². The molecule has 1 aliphatic rings. The summed E-state index contributed by atoms with van der Waals surface area (Å²) < 4.78 is 0. The molecule has 0 aromatic heterocycles. The second-order valence-electron chi connectivity index (χ2n) is 6.08. The summed E-state index contributed by atoms with van der Waals surface area (Å²) in [5, 5.41) is 7.16. The minimum Gasteiger partial charge on any atom is -0.322 e. The maximum atomic E-state index is 12.1. The summed E-state index contributed by atoms with van der Waals surface area (Å²) in [6.45, 7) is 5.92. The molecule has 0 spiro atoms. The Morgan fingerprint density at radius 2 is 1.96 bits per heavy atom. The number of amides is 3. The fourth-order valence-electron chi connectivity index (χ4n) is 3.02. The normalized spacial score (nSPS) is 17.7. The Hall–Kier alpha value is -2.40. The molecule has 3 rings (SSSR count). The second-order valence-corrected chi connectivity index (χ2v) is 6.08. The highest BCUT2D eigenvalue weighted by atomic mass is 16.2. The highest BCUT2D eigenvalue weighted by Gasteiger charge is 2.32. The highest BCUT2D eigenvalue weighted by molar-refractivity contribution is 6.06. The Morgan fingerprint density at radius 1 is 1.17 bits per heavy atom. The molecule has 2 aromatic carbocycles. The summed E-state index contributed by atoms with van der Waals surface area (Å²) in [6, 6.07) is 9.19. The molecule has 23 heavy (non-hydrogen) atoms. The van der Waals surface area contributed by atoms with Crippen LogP contribution in [-0.2, 0) is 11.3 Å². The summed E-state index contributed by atoms with van der Waals surface area (Å²) >= 11 is 0. The van der Waals surface area contributed by atoms with E-state index in [-0.39, 0.29) is 5.91 Å². The summed E-state index contributed by atoms with van der Waals surface area (Å²) in [6.07, 6.45) is 0. The molecule has 1 heterocycles. The number of aryl methyl sites for hydroxylation is 1. The number of rotatable bonds is 4. The van der Waals surface area contributed by atoms with E-state index in [1.807, 2.05) is 18.2 Å². The van der Waals surface area contributed by atoms with Crippen LogP contribution in [-0.4, -0.2) is 30.4 Å². The number of hydrogen-bond donors (Lipinski definition) is 2. The van der Waals surface area contributed by atoms with Crippen LogP contribution in [0.2, 0.25) is 0 Å². The molecule has 5 heteroatoms. The van der Waals surface area contributed by atoms with Crippen molar-refractivity contribution in [2.75, 3.05) is 13.6 Å². The van der Waals surface area contributed by atoms with Crippen molar-refractivity contribution >= 4 is 22.7 Å². The van der Waals surface area contributed by atoms with E-state index in [0.29, 0.717) is 0 Å². The zero-order valence-corrected chi connectivity index (χ0v) is 13.6.